The van der Waals surface area contributed by atoms with E-state index in [4.69, 9.17) is 4.74 Å². The van der Waals surface area contributed by atoms with Crippen LogP contribution in [0.15, 0.2) is 35.2 Å². The van der Waals surface area contributed by atoms with Crippen LogP contribution in [-0.4, -0.2) is 31.0 Å². The molecule has 86 valence electrons. The molecule has 2 nitrogen and oxygen atoms in total. The van der Waals surface area contributed by atoms with Gasteiger partial charge in [0.25, 0.3) is 0 Å². The third-order valence-electron chi connectivity index (χ3n) is 2.70. The van der Waals surface area contributed by atoms with Crippen molar-refractivity contribution in [1.82, 2.24) is 4.90 Å². The lowest BCUT2D eigenvalue weighted by Gasteiger charge is -2.21. The first kappa shape index (κ1) is 11.6. The Balaban J connectivity index is 2.19. The molecule has 0 N–H and O–H groups in total. The van der Waals surface area contributed by atoms with Gasteiger partial charge >= 0.3 is 0 Å². The summed E-state index contributed by atoms with van der Waals surface area (Å²) in [5.74, 6) is 1.04. The van der Waals surface area contributed by atoms with Gasteiger partial charge in [-0.2, -0.15) is 0 Å². The van der Waals surface area contributed by atoms with E-state index in [1.807, 2.05) is 11.8 Å². The summed E-state index contributed by atoms with van der Waals surface area (Å²) in [6.07, 6.45) is 0. The monoisotopic (exact) mass is 235 g/mol. The zero-order chi connectivity index (χ0) is 11.4. The summed E-state index contributed by atoms with van der Waals surface area (Å²) < 4.78 is 5.15. The van der Waals surface area contributed by atoms with Crippen LogP contribution < -0.4 is 0 Å². The molecule has 1 aromatic carbocycles. The van der Waals surface area contributed by atoms with Crippen LogP contribution in [0.2, 0.25) is 0 Å². The van der Waals surface area contributed by atoms with E-state index in [0.717, 1.165) is 19.0 Å². The molecule has 0 spiro atoms. The number of allylic oxidation sites excluding steroid dienone is 1. The maximum Gasteiger partial charge on any atom is 0.0684 e. The molecule has 0 atom stereocenters. The molecule has 0 unspecified atom stereocenters. The Bertz CT molecular complexity index is 375. The molecule has 0 bridgehead atoms. The Morgan fingerprint density at radius 3 is 2.75 bits per heavy atom. The molecule has 0 fully saturated rings. The van der Waals surface area contributed by atoms with E-state index >= 15 is 0 Å². The Labute approximate surface area is 101 Å². The van der Waals surface area contributed by atoms with Gasteiger partial charge in [0.15, 0.2) is 0 Å². The van der Waals surface area contributed by atoms with Gasteiger partial charge in [-0.3, -0.25) is 0 Å². The average Bonchev–Trinajstić information content (AvgIpc) is 2.69. The SMILES string of the molecule is COCCN1CSC(C)=C1c1ccccc1. The molecule has 2 rings (SSSR count). The van der Waals surface area contributed by atoms with Gasteiger partial charge in [-0.1, -0.05) is 30.3 Å². The first-order chi connectivity index (χ1) is 7.83. The quantitative estimate of drug-likeness (QED) is 0.796. The standard InChI is InChI=1S/C13H17NOS/c1-11-13(12-6-4-3-5-7-12)14(10-16-11)8-9-15-2/h3-7H,8-10H2,1-2H3. The van der Waals surface area contributed by atoms with Crippen LogP contribution in [-0.2, 0) is 4.74 Å². The maximum absolute atomic E-state index is 5.15. The van der Waals surface area contributed by atoms with Crippen molar-refractivity contribution in [3.63, 3.8) is 0 Å². The lowest BCUT2D eigenvalue weighted by Crippen LogP contribution is -2.22. The first-order valence-corrected chi connectivity index (χ1v) is 6.44. The molecular formula is C13H17NOS. The fourth-order valence-electron chi connectivity index (χ4n) is 1.89. The van der Waals surface area contributed by atoms with E-state index < -0.39 is 0 Å². The summed E-state index contributed by atoms with van der Waals surface area (Å²) in [4.78, 5) is 3.79. The largest absolute Gasteiger partial charge is 0.383 e. The lowest BCUT2D eigenvalue weighted by molar-refractivity contribution is 0.179. The Morgan fingerprint density at radius 2 is 2.06 bits per heavy atom. The van der Waals surface area contributed by atoms with E-state index in [1.54, 1.807) is 7.11 Å². The summed E-state index contributed by atoms with van der Waals surface area (Å²) in [6.45, 7) is 3.94. The van der Waals surface area contributed by atoms with Gasteiger partial charge in [-0.05, 0) is 12.5 Å². The normalized spacial score (nSPS) is 16.0. The highest BCUT2D eigenvalue weighted by Crippen LogP contribution is 2.37. The second-order valence-corrected chi connectivity index (χ2v) is 4.96. The topological polar surface area (TPSA) is 12.5 Å². The number of methoxy groups -OCH3 is 1. The van der Waals surface area contributed by atoms with Crippen LogP contribution in [0, 0.1) is 0 Å². The molecule has 1 aliphatic heterocycles. The van der Waals surface area contributed by atoms with Crippen LogP contribution in [0.1, 0.15) is 12.5 Å². The van der Waals surface area contributed by atoms with E-state index in [9.17, 15) is 0 Å². The number of rotatable bonds is 4. The van der Waals surface area contributed by atoms with Crippen molar-refractivity contribution in [3.8, 4) is 0 Å². The lowest BCUT2D eigenvalue weighted by atomic mass is 10.1. The third-order valence-corrected chi connectivity index (χ3v) is 3.77. The van der Waals surface area contributed by atoms with Gasteiger partial charge in [0, 0.05) is 18.6 Å². The number of hydrogen-bond donors (Lipinski definition) is 0. The molecule has 1 aromatic rings. The molecule has 1 aliphatic rings. The Morgan fingerprint density at radius 1 is 1.31 bits per heavy atom. The molecule has 0 amide bonds. The predicted molar refractivity (Wildman–Crippen MR) is 70.1 cm³/mol. The van der Waals surface area contributed by atoms with Crippen molar-refractivity contribution < 1.29 is 4.74 Å². The molecular weight excluding hydrogens is 218 g/mol. The Kier molecular flexibility index (Phi) is 3.91. The van der Waals surface area contributed by atoms with Gasteiger partial charge in [-0.25, -0.2) is 0 Å². The highest BCUT2D eigenvalue weighted by Gasteiger charge is 2.20. The number of nitrogens with zero attached hydrogens (tertiary/aromatic N) is 1. The second-order valence-electron chi connectivity index (χ2n) is 3.80. The smallest absolute Gasteiger partial charge is 0.0684 e. The molecule has 0 saturated heterocycles. The number of benzene rings is 1. The molecule has 16 heavy (non-hydrogen) atoms. The van der Waals surface area contributed by atoms with Crippen molar-refractivity contribution in [1.29, 1.82) is 0 Å². The summed E-state index contributed by atoms with van der Waals surface area (Å²) in [6, 6.07) is 10.6. The van der Waals surface area contributed by atoms with Crippen molar-refractivity contribution in [2.24, 2.45) is 0 Å². The van der Waals surface area contributed by atoms with Crippen LogP contribution in [0.5, 0.6) is 0 Å². The van der Waals surface area contributed by atoms with Crippen molar-refractivity contribution >= 4 is 17.5 Å². The third kappa shape index (κ3) is 2.42. The zero-order valence-electron chi connectivity index (χ0n) is 9.77. The molecule has 0 aliphatic carbocycles. The fourth-order valence-corrected chi connectivity index (χ4v) is 2.88. The van der Waals surface area contributed by atoms with E-state index in [2.05, 4.69) is 42.2 Å². The van der Waals surface area contributed by atoms with Gasteiger partial charge < -0.3 is 9.64 Å². The fraction of sp³-hybridized carbons (Fsp3) is 0.385. The number of hydrogen-bond acceptors (Lipinski definition) is 3. The number of ether oxygens (including phenoxy) is 1. The van der Waals surface area contributed by atoms with Crippen LogP contribution in [0.4, 0.5) is 0 Å². The summed E-state index contributed by atoms with van der Waals surface area (Å²) >= 11 is 1.91. The van der Waals surface area contributed by atoms with Gasteiger partial charge in [0.2, 0.25) is 0 Å². The van der Waals surface area contributed by atoms with Crippen LogP contribution in [0.3, 0.4) is 0 Å². The first-order valence-electron chi connectivity index (χ1n) is 5.46. The van der Waals surface area contributed by atoms with Crippen molar-refractivity contribution in [2.75, 3.05) is 26.1 Å². The summed E-state index contributed by atoms with van der Waals surface area (Å²) in [5, 5.41) is 0. The molecule has 3 heteroatoms. The maximum atomic E-state index is 5.15. The van der Waals surface area contributed by atoms with Gasteiger partial charge in [0.05, 0.1) is 18.2 Å². The molecule has 0 radical (unpaired) electrons. The van der Waals surface area contributed by atoms with Crippen molar-refractivity contribution in [3.05, 3.63) is 40.8 Å². The van der Waals surface area contributed by atoms with E-state index in [1.165, 1.54) is 16.2 Å². The highest BCUT2D eigenvalue weighted by atomic mass is 32.2. The molecule has 0 aromatic heterocycles. The predicted octanol–water partition coefficient (Wildman–Crippen LogP) is 3.03. The minimum absolute atomic E-state index is 0.782. The minimum Gasteiger partial charge on any atom is -0.383 e. The summed E-state index contributed by atoms with van der Waals surface area (Å²) in [7, 11) is 1.75. The van der Waals surface area contributed by atoms with Crippen molar-refractivity contribution in [2.45, 2.75) is 6.92 Å². The highest BCUT2D eigenvalue weighted by molar-refractivity contribution is 8.03. The molecule has 1 heterocycles. The van der Waals surface area contributed by atoms with E-state index in [-0.39, 0.29) is 0 Å². The second kappa shape index (κ2) is 5.41. The Hall–Kier alpha value is -0.930. The zero-order valence-corrected chi connectivity index (χ0v) is 10.6. The van der Waals surface area contributed by atoms with Gasteiger partial charge in [-0.15, -0.1) is 11.8 Å². The van der Waals surface area contributed by atoms with Crippen LogP contribution >= 0.6 is 11.8 Å². The van der Waals surface area contributed by atoms with Crippen LogP contribution in [0.25, 0.3) is 5.70 Å². The van der Waals surface area contributed by atoms with Gasteiger partial charge in [0.1, 0.15) is 0 Å². The average molecular weight is 235 g/mol. The minimum atomic E-state index is 0.782. The number of thioether (sulfide) groups is 1. The summed E-state index contributed by atoms with van der Waals surface area (Å²) in [5.41, 5.74) is 2.67. The molecule has 0 saturated carbocycles. The van der Waals surface area contributed by atoms with E-state index in [0.29, 0.717) is 0 Å².